The van der Waals surface area contributed by atoms with E-state index in [-0.39, 0.29) is 0 Å². The summed E-state index contributed by atoms with van der Waals surface area (Å²) >= 11 is 6.22. The van der Waals surface area contributed by atoms with Gasteiger partial charge in [-0.15, -0.1) is 0 Å². The summed E-state index contributed by atoms with van der Waals surface area (Å²) in [6, 6.07) is 0.598. The van der Waals surface area contributed by atoms with Gasteiger partial charge in [-0.3, -0.25) is 9.58 Å². The first-order valence-electron chi connectivity index (χ1n) is 6.72. The molecule has 0 radical (unpaired) electrons. The van der Waals surface area contributed by atoms with Gasteiger partial charge < -0.3 is 5.32 Å². The van der Waals surface area contributed by atoms with E-state index >= 15 is 0 Å². The Labute approximate surface area is 114 Å². The van der Waals surface area contributed by atoms with E-state index in [1.807, 2.05) is 18.7 Å². The second-order valence-electron chi connectivity index (χ2n) is 5.19. The Kier molecular flexibility index (Phi) is 4.65. The van der Waals surface area contributed by atoms with Crippen molar-refractivity contribution in [1.82, 2.24) is 20.0 Å². The number of rotatable bonds is 5. The zero-order valence-corrected chi connectivity index (χ0v) is 12.3. The maximum atomic E-state index is 6.22. The largest absolute Gasteiger partial charge is 0.310 e. The van der Waals surface area contributed by atoms with Crippen molar-refractivity contribution in [1.29, 1.82) is 0 Å². The standard InChI is InChI=1S/C13H23ClN4/c1-10(18-6-4-5-7-18)8-15-9-12-13(14)11(2)16-17(12)3/h10,15H,4-9H2,1-3H3. The lowest BCUT2D eigenvalue weighted by atomic mass is 10.3. The predicted molar refractivity (Wildman–Crippen MR) is 74.9 cm³/mol. The molecule has 0 aromatic carbocycles. The van der Waals surface area contributed by atoms with Gasteiger partial charge in [0, 0.05) is 26.2 Å². The summed E-state index contributed by atoms with van der Waals surface area (Å²) in [6.45, 7) is 8.50. The highest BCUT2D eigenvalue weighted by molar-refractivity contribution is 6.31. The van der Waals surface area contributed by atoms with Crippen LogP contribution in [0.3, 0.4) is 0 Å². The molecule has 5 heteroatoms. The molecule has 102 valence electrons. The van der Waals surface area contributed by atoms with Crippen LogP contribution in [-0.4, -0.2) is 40.4 Å². The van der Waals surface area contributed by atoms with Gasteiger partial charge in [0.15, 0.2) is 0 Å². The molecule has 1 atom stereocenters. The summed E-state index contributed by atoms with van der Waals surface area (Å²) in [7, 11) is 1.94. The number of nitrogens with one attached hydrogen (secondary N) is 1. The maximum Gasteiger partial charge on any atom is 0.0860 e. The predicted octanol–water partition coefficient (Wildman–Crippen LogP) is 1.96. The third-order valence-electron chi connectivity index (χ3n) is 3.76. The highest BCUT2D eigenvalue weighted by Gasteiger charge is 2.18. The minimum absolute atomic E-state index is 0.598. The zero-order valence-electron chi connectivity index (χ0n) is 11.5. The zero-order chi connectivity index (χ0) is 13.1. The summed E-state index contributed by atoms with van der Waals surface area (Å²) < 4.78 is 1.87. The van der Waals surface area contributed by atoms with Crippen molar-refractivity contribution in [2.24, 2.45) is 7.05 Å². The van der Waals surface area contributed by atoms with Gasteiger partial charge in [-0.2, -0.15) is 5.10 Å². The molecule has 1 N–H and O–H groups in total. The Hall–Kier alpha value is -0.580. The van der Waals surface area contributed by atoms with Gasteiger partial charge in [-0.05, 0) is 39.8 Å². The summed E-state index contributed by atoms with van der Waals surface area (Å²) in [5.74, 6) is 0. The Morgan fingerprint density at radius 1 is 1.39 bits per heavy atom. The van der Waals surface area contributed by atoms with Gasteiger partial charge in [-0.1, -0.05) is 11.6 Å². The first kappa shape index (κ1) is 13.8. The second kappa shape index (κ2) is 6.04. The van der Waals surface area contributed by atoms with E-state index in [1.165, 1.54) is 25.9 Å². The SMILES string of the molecule is Cc1nn(C)c(CNCC(C)N2CCCC2)c1Cl. The lowest BCUT2D eigenvalue weighted by molar-refractivity contribution is 0.251. The normalized spacial score (nSPS) is 18.4. The molecule has 1 saturated heterocycles. The quantitative estimate of drug-likeness (QED) is 0.888. The molecule has 0 bridgehead atoms. The molecule has 2 heterocycles. The number of halogens is 1. The molecule has 0 aliphatic carbocycles. The molecule has 4 nitrogen and oxygen atoms in total. The number of aryl methyl sites for hydroxylation is 2. The van der Waals surface area contributed by atoms with E-state index in [0.717, 1.165) is 29.5 Å². The molecule has 0 saturated carbocycles. The Bertz CT molecular complexity index is 396. The first-order chi connectivity index (χ1) is 8.59. The molecule has 0 amide bonds. The molecular formula is C13H23ClN4. The Morgan fingerprint density at radius 3 is 2.61 bits per heavy atom. The molecule has 2 rings (SSSR count). The second-order valence-corrected chi connectivity index (χ2v) is 5.57. The molecule has 1 fully saturated rings. The van der Waals surface area contributed by atoms with Gasteiger partial charge in [0.25, 0.3) is 0 Å². The van der Waals surface area contributed by atoms with Crippen LogP contribution in [0.25, 0.3) is 0 Å². The van der Waals surface area contributed by atoms with E-state index in [1.54, 1.807) is 0 Å². The van der Waals surface area contributed by atoms with Crippen LogP contribution >= 0.6 is 11.6 Å². The van der Waals surface area contributed by atoms with Crippen molar-refractivity contribution < 1.29 is 0 Å². The van der Waals surface area contributed by atoms with Crippen LogP contribution in [0.4, 0.5) is 0 Å². The first-order valence-corrected chi connectivity index (χ1v) is 7.10. The van der Waals surface area contributed by atoms with Gasteiger partial charge in [0.05, 0.1) is 16.4 Å². The van der Waals surface area contributed by atoms with Crippen molar-refractivity contribution in [2.45, 2.75) is 39.3 Å². The highest BCUT2D eigenvalue weighted by Crippen LogP contribution is 2.19. The fourth-order valence-corrected chi connectivity index (χ4v) is 2.81. The van der Waals surface area contributed by atoms with Crippen LogP contribution in [-0.2, 0) is 13.6 Å². The van der Waals surface area contributed by atoms with E-state index in [9.17, 15) is 0 Å². The van der Waals surface area contributed by atoms with E-state index < -0.39 is 0 Å². The van der Waals surface area contributed by atoms with Crippen molar-refractivity contribution in [3.63, 3.8) is 0 Å². The van der Waals surface area contributed by atoms with E-state index in [0.29, 0.717) is 6.04 Å². The number of nitrogens with zero attached hydrogens (tertiary/aromatic N) is 3. The minimum atomic E-state index is 0.598. The number of likely N-dealkylation sites (tertiary alicyclic amines) is 1. The number of hydrogen-bond acceptors (Lipinski definition) is 3. The van der Waals surface area contributed by atoms with Crippen LogP contribution in [0.2, 0.25) is 5.02 Å². The third-order valence-corrected chi connectivity index (χ3v) is 4.25. The minimum Gasteiger partial charge on any atom is -0.310 e. The lowest BCUT2D eigenvalue weighted by Gasteiger charge is -2.23. The summed E-state index contributed by atoms with van der Waals surface area (Å²) in [6.07, 6.45) is 2.69. The summed E-state index contributed by atoms with van der Waals surface area (Å²) in [4.78, 5) is 2.54. The van der Waals surface area contributed by atoms with Crippen LogP contribution in [0, 0.1) is 6.92 Å². The smallest absolute Gasteiger partial charge is 0.0860 e. The van der Waals surface area contributed by atoms with Crippen LogP contribution in [0.5, 0.6) is 0 Å². The lowest BCUT2D eigenvalue weighted by Crippen LogP contribution is -2.38. The summed E-state index contributed by atoms with van der Waals surface area (Å²) in [5, 5.41) is 8.60. The van der Waals surface area contributed by atoms with E-state index in [4.69, 9.17) is 11.6 Å². The number of aromatic nitrogens is 2. The topological polar surface area (TPSA) is 33.1 Å². The molecule has 1 aromatic rings. The molecular weight excluding hydrogens is 248 g/mol. The molecule has 1 aliphatic heterocycles. The van der Waals surface area contributed by atoms with Gasteiger partial charge in [0.1, 0.15) is 0 Å². The van der Waals surface area contributed by atoms with Crippen LogP contribution < -0.4 is 5.32 Å². The van der Waals surface area contributed by atoms with Gasteiger partial charge >= 0.3 is 0 Å². The molecule has 1 aliphatic rings. The van der Waals surface area contributed by atoms with Crippen molar-refractivity contribution in [2.75, 3.05) is 19.6 Å². The fraction of sp³-hybridized carbons (Fsp3) is 0.769. The number of hydrogen-bond donors (Lipinski definition) is 1. The van der Waals surface area contributed by atoms with Gasteiger partial charge in [-0.25, -0.2) is 0 Å². The summed E-state index contributed by atoms with van der Waals surface area (Å²) in [5.41, 5.74) is 1.98. The molecule has 0 spiro atoms. The maximum absolute atomic E-state index is 6.22. The highest BCUT2D eigenvalue weighted by atomic mass is 35.5. The fourth-order valence-electron chi connectivity index (χ4n) is 2.58. The van der Waals surface area contributed by atoms with Crippen molar-refractivity contribution in [3.05, 3.63) is 16.4 Å². The molecule has 1 unspecified atom stereocenters. The van der Waals surface area contributed by atoms with Crippen molar-refractivity contribution in [3.8, 4) is 0 Å². The molecule has 18 heavy (non-hydrogen) atoms. The third kappa shape index (κ3) is 3.05. The van der Waals surface area contributed by atoms with E-state index in [2.05, 4.69) is 22.2 Å². The van der Waals surface area contributed by atoms with Crippen LogP contribution in [0.1, 0.15) is 31.2 Å². The van der Waals surface area contributed by atoms with Gasteiger partial charge in [0.2, 0.25) is 0 Å². The molecule has 1 aromatic heterocycles. The van der Waals surface area contributed by atoms with Crippen LogP contribution in [0.15, 0.2) is 0 Å². The Morgan fingerprint density at radius 2 is 2.06 bits per heavy atom. The average molecular weight is 271 g/mol. The average Bonchev–Trinajstić information content (AvgIpc) is 2.93. The monoisotopic (exact) mass is 270 g/mol. The Balaban J connectivity index is 1.81. The van der Waals surface area contributed by atoms with Crippen molar-refractivity contribution >= 4 is 11.6 Å².